The van der Waals surface area contributed by atoms with Gasteiger partial charge in [0, 0.05) is 29.7 Å². The Labute approximate surface area is 109 Å². The Balaban J connectivity index is 2.19. The van der Waals surface area contributed by atoms with Crippen LogP contribution in [0.25, 0.3) is 0 Å². The van der Waals surface area contributed by atoms with Crippen LogP contribution in [-0.4, -0.2) is 18.0 Å². The van der Waals surface area contributed by atoms with Crippen LogP contribution in [0, 0.1) is 16.0 Å². The molecule has 0 saturated carbocycles. The maximum absolute atomic E-state index is 10.7. The SMILES string of the molecule is CC1CCN(c2ccc([N+](=O)[O-])cc2Br)CC1. The molecule has 1 fully saturated rings. The molecule has 1 heterocycles. The van der Waals surface area contributed by atoms with E-state index in [9.17, 15) is 10.1 Å². The summed E-state index contributed by atoms with van der Waals surface area (Å²) in [6, 6.07) is 4.98. The van der Waals surface area contributed by atoms with Crippen molar-refractivity contribution in [3.05, 3.63) is 32.8 Å². The Bertz CT molecular complexity index is 429. The van der Waals surface area contributed by atoms with E-state index in [1.165, 1.54) is 12.8 Å². The van der Waals surface area contributed by atoms with Crippen LogP contribution in [0.15, 0.2) is 22.7 Å². The Kier molecular flexibility index (Phi) is 3.66. The number of piperidine rings is 1. The van der Waals surface area contributed by atoms with Gasteiger partial charge in [-0.05, 0) is 40.8 Å². The third-order valence-electron chi connectivity index (χ3n) is 3.27. The number of nitro benzene ring substituents is 1. The molecule has 0 unspecified atom stereocenters. The standard InChI is InChI=1S/C12H15BrN2O2/c1-9-4-6-14(7-5-9)12-3-2-10(15(16)17)8-11(12)13/h2-3,8-9H,4-7H2,1H3. The fourth-order valence-corrected chi connectivity index (χ4v) is 2.73. The summed E-state index contributed by atoms with van der Waals surface area (Å²) >= 11 is 3.42. The second kappa shape index (κ2) is 5.04. The van der Waals surface area contributed by atoms with Gasteiger partial charge >= 0.3 is 0 Å². The van der Waals surface area contributed by atoms with Gasteiger partial charge in [-0.15, -0.1) is 0 Å². The normalized spacial score (nSPS) is 17.2. The van der Waals surface area contributed by atoms with Crippen LogP contribution in [0.2, 0.25) is 0 Å². The molecule has 4 nitrogen and oxygen atoms in total. The highest BCUT2D eigenvalue weighted by Crippen LogP contribution is 2.32. The lowest BCUT2D eigenvalue weighted by atomic mass is 9.99. The molecule has 2 rings (SSSR count). The smallest absolute Gasteiger partial charge is 0.270 e. The van der Waals surface area contributed by atoms with E-state index >= 15 is 0 Å². The van der Waals surface area contributed by atoms with Crippen molar-refractivity contribution in [1.82, 2.24) is 0 Å². The third-order valence-corrected chi connectivity index (χ3v) is 3.90. The summed E-state index contributed by atoms with van der Waals surface area (Å²) in [6.45, 7) is 4.32. The van der Waals surface area contributed by atoms with Crippen molar-refractivity contribution in [1.29, 1.82) is 0 Å². The number of anilines is 1. The Hall–Kier alpha value is -1.10. The highest BCUT2D eigenvalue weighted by molar-refractivity contribution is 9.10. The topological polar surface area (TPSA) is 46.4 Å². The molecular formula is C12H15BrN2O2. The molecule has 1 saturated heterocycles. The van der Waals surface area contributed by atoms with Crippen LogP contribution < -0.4 is 4.90 Å². The van der Waals surface area contributed by atoms with Crippen LogP contribution in [-0.2, 0) is 0 Å². The highest BCUT2D eigenvalue weighted by Gasteiger charge is 2.19. The monoisotopic (exact) mass is 298 g/mol. The van der Waals surface area contributed by atoms with Crippen LogP contribution in [0.4, 0.5) is 11.4 Å². The van der Waals surface area contributed by atoms with Gasteiger partial charge < -0.3 is 4.90 Å². The molecule has 1 aliphatic rings. The maximum atomic E-state index is 10.7. The first-order chi connectivity index (χ1) is 8.08. The van der Waals surface area contributed by atoms with Crippen LogP contribution in [0.1, 0.15) is 19.8 Å². The van der Waals surface area contributed by atoms with E-state index in [1.54, 1.807) is 12.1 Å². The molecule has 0 atom stereocenters. The number of halogens is 1. The molecule has 92 valence electrons. The van der Waals surface area contributed by atoms with Crippen molar-refractivity contribution >= 4 is 27.3 Å². The largest absolute Gasteiger partial charge is 0.371 e. The van der Waals surface area contributed by atoms with Gasteiger partial charge in [0.15, 0.2) is 0 Å². The molecule has 1 aromatic rings. The minimum atomic E-state index is -0.368. The van der Waals surface area contributed by atoms with Gasteiger partial charge in [0.2, 0.25) is 0 Å². The van der Waals surface area contributed by atoms with Crippen molar-refractivity contribution in [3.8, 4) is 0 Å². The number of non-ortho nitro benzene ring substituents is 1. The number of hydrogen-bond acceptors (Lipinski definition) is 3. The Morgan fingerprint density at radius 1 is 1.41 bits per heavy atom. The number of benzene rings is 1. The lowest BCUT2D eigenvalue weighted by molar-refractivity contribution is -0.384. The number of nitro groups is 1. The fourth-order valence-electron chi connectivity index (χ4n) is 2.12. The van der Waals surface area contributed by atoms with E-state index in [0.717, 1.165) is 29.2 Å². The number of rotatable bonds is 2. The lowest BCUT2D eigenvalue weighted by Crippen LogP contribution is -2.32. The van der Waals surface area contributed by atoms with Crippen molar-refractivity contribution < 1.29 is 4.92 Å². The molecule has 17 heavy (non-hydrogen) atoms. The summed E-state index contributed by atoms with van der Waals surface area (Å²) in [6.07, 6.45) is 2.37. The predicted octanol–water partition coefficient (Wildman–Crippen LogP) is 3.59. The molecule has 0 spiro atoms. The predicted molar refractivity (Wildman–Crippen MR) is 71.4 cm³/mol. The Morgan fingerprint density at radius 2 is 2.06 bits per heavy atom. The minimum absolute atomic E-state index is 0.131. The van der Waals surface area contributed by atoms with Gasteiger partial charge in [-0.25, -0.2) is 0 Å². The number of hydrogen-bond donors (Lipinski definition) is 0. The van der Waals surface area contributed by atoms with Crippen molar-refractivity contribution in [2.45, 2.75) is 19.8 Å². The molecule has 1 aromatic carbocycles. The zero-order valence-corrected chi connectivity index (χ0v) is 11.3. The number of nitrogens with zero attached hydrogens (tertiary/aromatic N) is 2. The summed E-state index contributed by atoms with van der Waals surface area (Å²) in [5.41, 5.74) is 1.19. The third kappa shape index (κ3) is 2.77. The van der Waals surface area contributed by atoms with Crippen molar-refractivity contribution in [2.24, 2.45) is 5.92 Å². The van der Waals surface area contributed by atoms with Gasteiger partial charge in [-0.3, -0.25) is 10.1 Å². The first-order valence-electron chi connectivity index (χ1n) is 5.77. The zero-order valence-electron chi connectivity index (χ0n) is 9.73. The molecule has 0 amide bonds. The molecule has 5 heteroatoms. The summed E-state index contributed by atoms with van der Waals surface area (Å²) in [4.78, 5) is 12.6. The fraction of sp³-hybridized carbons (Fsp3) is 0.500. The average molecular weight is 299 g/mol. The van der Waals surface area contributed by atoms with E-state index in [2.05, 4.69) is 27.8 Å². The molecule has 0 aliphatic carbocycles. The van der Waals surface area contributed by atoms with E-state index in [4.69, 9.17) is 0 Å². The van der Waals surface area contributed by atoms with E-state index in [0.29, 0.717) is 0 Å². The zero-order chi connectivity index (χ0) is 12.4. The van der Waals surface area contributed by atoms with Gasteiger partial charge in [0.1, 0.15) is 0 Å². The van der Waals surface area contributed by atoms with Crippen molar-refractivity contribution in [3.63, 3.8) is 0 Å². The Morgan fingerprint density at radius 3 is 2.59 bits per heavy atom. The first kappa shape index (κ1) is 12.4. The molecule has 0 N–H and O–H groups in total. The van der Waals surface area contributed by atoms with E-state index in [1.807, 2.05) is 6.07 Å². The maximum Gasteiger partial charge on any atom is 0.270 e. The average Bonchev–Trinajstić information content (AvgIpc) is 2.30. The first-order valence-corrected chi connectivity index (χ1v) is 6.56. The van der Waals surface area contributed by atoms with Gasteiger partial charge in [-0.1, -0.05) is 6.92 Å². The van der Waals surface area contributed by atoms with E-state index < -0.39 is 0 Å². The molecule has 0 radical (unpaired) electrons. The van der Waals surface area contributed by atoms with Gasteiger partial charge in [-0.2, -0.15) is 0 Å². The van der Waals surface area contributed by atoms with E-state index in [-0.39, 0.29) is 10.6 Å². The summed E-state index contributed by atoms with van der Waals surface area (Å²) < 4.78 is 0.807. The lowest BCUT2D eigenvalue weighted by Gasteiger charge is -2.32. The highest BCUT2D eigenvalue weighted by atomic mass is 79.9. The second-order valence-corrected chi connectivity index (χ2v) is 5.42. The summed E-state index contributed by atoms with van der Waals surface area (Å²) in [5.74, 6) is 0.781. The molecule has 0 bridgehead atoms. The van der Waals surface area contributed by atoms with Crippen LogP contribution >= 0.6 is 15.9 Å². The molecule has 1 aliphatic heterocycles. The quantitative estimate of drug-likeness (QED) is 0.619. The van der Waals surface area contributed by atoms with Gasteiger partial charge in [0.25, 0.3) is 5.69 Å². The van der Waals surface area contributed by atoms with Crippen molar-refractivity contribution in [2.75, 3.05) is 18.0 Å². The summed E-state index contributed by atoms with van der Waals surface area (Å²) in [7, 11) is 0. The second-order valence-electron chi connectivity index (χ2n) is 4.56. The molecular weight excluding hydrogens is 284 g/mol. The summed E-state index contributed by atoms with van der Waals surface area (Å²) in [5, 5.41) is 10.7. The molecule has 0 aromatic heterocycles. The minimum Gasteiger partial charge on any atom is -0.371 e. The van der Waals surface area contributed by atoms with Crippen LogP contribution in [0.5, 0.6) is 0 Å². The van der Waals surface area contributed by atoms with Crippen LogP contribution in [0.3, 0.4) is 0 Å². The van der Waals surface area contributed by atoms with Gasteiger partial charge in [0.05, 0.1) is 10.6 Å².